The summed E-state index contributed by atoms with van der Waals surface area (Å²) in [5, 5.41) is 31.4. The number of carbonyl (C=O) groups is 1. The third-order valence-electron chi connectivity index (χ3n) is 6.38. The predicted octanol–water partition coefficient (Wildman–Crippen LogP) is 3.35. The predicted molar refractivity (Wildman–Crippen MR) is 136 cm³/mol. The largest absolute Gasteiger partial charge is 0.493 e. The zero-order chi connectivity index (χ0) is 25.9. The van der Waals surface area contributed by atoms with E-state index < -0.39 is 18.1 Å². The lowest BCUT2D eigenvalue weighted by Crippen LogP contribution is -2.27. The van der Waals surface area contributed by atoms with Gasteiger partial charge in [-0.05, 0) is 34.0 Å². The second-order valence-electron chi connectivity index (χ2n) is 8.76. The first kappa shape index (κ1) is 23.6. The topological polar surface area (TPSA) is 126 Å². The van der Waals surface area contributed by atoms with Gasteiger partial charge in [0.05, 0.1) is 48.9 Å². The van der Waals surface area contributed by atoms with E-state index in [1.54, 1.807) is 24.7 Å². The molecular weight excluding hydrogens is 470 g/mol. The number of hydrogen-bond acceptors (Lipinski definition) is 5. The van der Waals surface area contributed by atoms with E-state index in [-0.39, 0.29) is 24.7 Å². The number of rotatable bonds is 8. The summed E-state index contributed by atoms with van der Waals surface area (Å²) in [6, 6.07) is 22.7. The molecule has 37 heavy (non-hydrogen) atoms. The van der Waals surface area contributed by atoms with Crippen molar-refractivity contribution in [3.8, 4) is 11.9 Å². The molecule has 0 bridgehead atoms. The van der Waals surface area contributed by atoms with E-state index in [9.17, 15) is 19.8 Å². The number of imidazole rings is 2. The Balaban J connectivity index is 1.51. The van der Waals surface area contributed by atoms with Crippen molar-refractivity contribution >= 4 is 16.7 Å². The first-order chi connectivity index (χ1) is 17.9. The first-order valence-electron chi connectivity index (χ1n) is 11.6. The summed E-state index contributed by atoms with van der Waals surface area (Å²) in [5.41, 5.74) is 2.54. The Morgan fingerprint density at radius 3 is 2.46 bits per heavy atom. The minimum atomic E-state index is -1.15. The molecule has 0 unspecified atom stereocenters. The Hall–Kier alpha value is -5.10. The third-order valence-corrected chi connectivity index (χ3v) is 6.38. The average molecular weight is 494 g/mol. The summed E-state index contributed by atoms with van der Waals surface area (Å²) in [5.74, 6) is -1.52. The van der Waals surface area contributed by atoms with E-state index in [0.717, 1.165) is 21.9 Å². The van der Waals surface area contributed by atoms with Crippen LogP contribution in [0.2, 0.25) is 0 Å². The zero-order valence-electron chi connectivity index (χ0n) is 19.8. The molecule has 0 fully saturated rings. The Bertz CT molecular complexity index is 1700. The molecule has 0 amide bonds. The minimum absolute atomic E-state index is 0.0100. The Labute approximate surface area is 211 Å². The SMILES string of the molecule is N#Cc1ccc(Cn2cncc2Cn2c(O)c(CC(=O)O)n(Cc3cccc4ccccc34)c2=O)cc1. The summed E-state index contributed by atoms with van der Waals surface area (Å²) in [7, 11) is 0. The molecule has 0 aliphatic carbocycles. The number of nitriles is 1. The quantitative estimate of drug-likeness (QED) is 0.341. The molecule has 0 radical (unpaired) electrons. The molecule has 0 saturated carbocycles. The summed E-state index contributed by atoms with van der Waals surface area (Å²) < 4.78 is 4.34. The maximum atomic E-state index is 13.5. The van der Waals surface area contributed by atoms with Crippen LogP contribution in [0.5, 0.6) is 5.88 Å². The molecule has 184 valence electrons. The van der Waals surface area contributed by atoms with Gasteiger partial charge in [0.1, 0.15) is 0 Å². The molecule has 9 nitrogen and oxygen atoms in total. The maximum absolute atomic E-state index is 13.5. The van der Waals surface area contributed by atoms with Gasteiger partial charge in [-0.2, -0.15) is 5.26 Å². The van der Waals surface area contributed by atoms with Gasteiger partial charge in [-0.15, -0.1) is 0 Å². The summed E-state index contributed by atoms with van der Waals surface area (Å²) >= 11 is 0. The van der Waals surface area contributed by atoms with Crippen LogP contribution in [0.25, 0.3) is 10.8 Å². The fraction of sp³-hybridized carbons (Fsp3) is 0.143. The van der Waals surface area contributed by atoms with Gasteiger partial charge in [0, 0.05) is 12.7 Å². The fourth-order valence-corrected chi connectivity index (χ4v) is 4.52. The van der Waals surface area contributed by atoms with E-state index in [0.29, 0.717) is 17.8 Å². The van der Waals surface area contributed by atoms with Crippen molar-refractivity contribution in [1.82, 2.24) is 18.7 Å². The maximum Gasteiger partial charge on any atom is 0.331 e. The lowest BCUT2D eigenvalue weighted by Gasteiger charge is -2.09. The van der Waals surface area contributed by atoms with Crippen molar-refractivity contribution in [1.29, 1.82) is 5.26 Å². The van der Waals surface area contributed by atoms with Crippen molar-refractivity contribution in [2.24, 2.45) is 0 Å². The number of aliphatic carboxylic acids is 1. The average Bonchev–Trinajstić information content (AvgIpc) is 3.43. The second kappa shape index (κ2) is 9.87. The Kier molecular flexibility index (Phi) is 6.31. The van der Waals surface area contributed by atoms with Gasteiger partial charge in [0.15, 0.2) is 0 Å². The Morgan fingerprint density at radius 1 is 0.946 bits per heavy atom. The van der Waals surface area contributed by atoms with Gasteiger partial charge in [0.25, 0.3) is 0 Å². The molecular formula is C28H23N5O4. The van der Waals surface area contributed by atoms with Crippen molar-refractivity contribution in [3.05, 3.63) is 118 Å². The Morgan fingerprint density at radius 2 is 1.70 bits per heavy atom. The first-order valence-corrected chi connectivity index (χ1v) is 11.6. The van der Waals surface area contributed by atoms with E-state index in [1.807, 2.05) is 59.2 Å². The molecule has 2 aromatic heterocycles. The highest BCUT2D eigenvalue weighted by molar-refractivity contribution is 5.85. The molecule has 0 spiro atoms. The van der Waals surface area contributed by atoms with Crippen LogP contribution in [-0.2, 0) is 30.8 Å². The zero-order valence-corrected chi connectivity index (χ0v) is 19.8. The third kappa shape index (κ3) is 4.73. The molecule has 0 atom stereocenters. The van der Waals surface area contributed by atoms with Gasteiger partial charge < -0.3 is 14.8 Å². The monoisotopic (exact) mass is 493 g/mol. The highest BCUT2D eigenvalue weighted by Crippen LogP contribution is 2.23. The molecule has 2 heterocycles. The molecule has 0 aliphatic heterocycles. The van der Waals surface area contributed by atoms with Gasteiger partial charge in [0.2, 0.25) is 5.88 Å². The van der Waals surface area contributed by atoms with Crippen LogP contribution in [0.15, 0.2) is 84.0 Å². The molecule has 0 aliphatic rings. The highest BCUT2D eigenvalue weighted by atomic mass is 16.4. The van der Waals surface area contributed by atoms with Gasteiger partial charge >= 0.3 is 11.7 Å². The van der Waals surface area contributed by atoms with Gasteiger partial charge in [-0.1, -0.05) is 54.6 Å². The van der Waals surface area contributed by atoms with E-state index in [4.69, 9.17) is 5.26 Å². The lowest BCUT2D eigenvalue weighted by molar-refractivity contribution is -0.136. The van der Waals surface area contributed by atoms with Gasteiger partial charge in [-0.25, -0.2) is 9.78 Å². The van der Waals surface area contributed by atoms with Crippen molar-refractivity contribution in [3.63, 3.8) is 0 Å². The summed E-state index contributed by atoms with van der Waals surface area (Å²) in [6.45, 7) is 0.583. The molecule has 5 aromatic rings. The number of benzene rings is 3. The highest BCUT2D eigenvalue weighted by Gasteiger charge is 2.23. The lowest BCUT2D eigenvalue weighted by atomic mass is 10.0. The molecule has 9 heteroatoms. The number of aromatic hydroxyl groups is 1. The smallest absolute Gasteiger partial charge is 0.331 e. The second-order valence-corrected chi connectivity index (χ2v) is 8.76. The minimum Gasteiger partial charge on any atom is -0.493 e. The molecule has 0 saturated heterocycles. The normalized spacial score (nSPS) is 11.0. The van der Waals surface area contributed by atoms with E-state index in [1.165, 1.54) is 9.13 Å². The summed E-state index contributed by atoms with van der Waals surface area (Å²) in [4.78, 5) is 29.3. The molecule has 2 N–H and O–H groups in total. The summed E-state index contributed by atoms with van der Waals surface area (Å²) in [6.07, 6.45) is 2.73. The number of aromatic nitrogens is 4. The number of hydrogen-bond donors (Lipinski definition) is 2. The number of carboxylic acids is 1. The van der Waals surface area contributed by atoms with E-state index in [2.05, 4.69) is 11.1 Å². The van der Waals surface area contributed by atoms with Crippen LogP contribution in [0.3, 0.4) is 0 Å². The molecule has 3 aromatic carbocycles. The van der Waals surface area contributed by atoms with Crippen LogP contribution in [0, 0.1) is 11.3 Å². The fourth-order valence-electron chi connectivity index (χ4n) is 4.52. The number of nitrogens with zero attached hydrogens (tertiary/aromatic N) is 5. The standard InChI is InChI=1S/C28H23N5O4/c29-13-19-8-10-20(11-9-19)15-31-18-30-14-23(31)17-33-27(36)25(12-26(34)35)32(28(33)37)16-22-6-3-5-21-4-1-2-7-24(21)22/h1-11,14,18,36H,12,15-17H2,(H,34,35). The van der Waals surface area contributed by atoms with Crippen LogP contribution >= 0.6 is 0 Å². The van der Waals surface area contributed by atoms with Crippen LogP contribution < -0.4 is 5.69 Å². The molecule has 5 rings (SSSR count). The van der Waals surface area contributed by atoms with Crippen molar-refractivity contribution in [2.45, 2.75) is 26.1 Å². The number of carboxylic acid groups (broad SMARTS) is 1. The van der Waals surface area contributed by atoms with E-state index >= 15 is 0 Å². The van der Waals surface area contributed by atoms with Crippen molar-refractivity contribution < 1.29 is 15.0 Å². The number of fused-ring (bicyclic) bond motifs is 1. The van der Waals surface area contributed by atoms with Crippen molar-refractivity contribution in [2.75, 3.05) is 0 Å². The van der Waals surface area contributed by atoms with Crippen LogP contribution in [0.4, 0.5) is 0 Å². The van der Waals surface area contributed by atoms with Crippen LogP contribution in [0.1, 0.15) is 28.1 Å². The van der Waals surface area contributed by atoms with Crippen LogP contribution in [-0.4, -0.2) is 34.9 Å². The van der Waals surface area contributed by atoms with Gasteiger partial charge in [-0.3, -0.25) is 13.9 Å².